The number of aldehydes is 1. The van der Waals surface area contributed by atoms with E-state index in [1.165, 1.54) is 4.90 Å². The summed E-state index contributed by atoms with van der Waals surface area (Å²) in [5, 5.41) is 18.6. The van der Waals surface area contributed by atoms with Crippen molar-refractivity contribution in [1.82, 2.24) is 9.80 Å². The fourth-order valence-corrected chi connectivity index (χ4v) is 2.51. The smallest absolute Gasteiger partial charge is 0.407 e. The van der Waals surface area contributed by atoms with E-state index in [-0.39, 0.29) is 31.1 Å². The fraction of sp³-hybridized carbons (Fsp3) is 0.643. The molecule has 124 valence electrons. The number of likely N-dealkylation sites (tertiary alicyclic amines) is 1. The molecule has 0 radical (unpaired) electrons. The number of esters is 1. The third kappa shape index (κ3) is 4.73. The second-order valence-electron chi connectivity index (χ2n) is 5.17. The van der Waals surface area contributed by atoms with Crippen LogP contribution >= 0.6 is 0 Å². The highest BCUT2D eigenvalue weighted by Gasteiger charge is 2.30. The van der Waals surface area contributed by atoms with Crippen LogP contribution in [0.2, 0.25) is 0 Å². The van der Waals surface area contributed by atoms with Gasteiger partial charge in [0.25, 0.3) is 0 Å². The molecule has 0 aromatic heterocycles. The van der Waals surface area contributed by atoms with E-state index in [1.54, 1.807) is 18.9 Å². The molecule has 1 fully saturated rings. The molecule has 1 saturated heterocycles. The molecule has 0 aliphatic carbocycles. The molecule has 0 aromatic rings. The standard InChI is InChI=1S/C14H22N2O6/c1-3-22-13(19)11(12(18)9-17)8-15(2)7-10-5-4-6-16(10)14(20)21/h9-10,18H,3-8H2,1-2H3,(H,20,21)/b12-11-/t10-/m1/s1. The number of amides is 1. The summed E-state index contributed by atoms with van der Waals surface area (Å²) in [7, 11) is 1.69. The molecule has 1 rings (SSSR count). The highest BCUT2D eigenvalue weighted by molar-refractivity contribution is 5.94. The quantitative estimate of drug-likeness (QED) is 0.307. The molecule has 0 spiro atoms. The van der Waals surface area contributed by atoms with Gasteiger partial charge in [0.15, 0.2) is 12.0 Å². The number of carbonyl (C=O) groups is 3. The first-order valence-electron chi connectivity index (χ1n) is 7.13. The van der Waals surface area contributed by atoms with E-state index in [1.807, 2.05) is 0 Å². The molecule has 1 heterocycles. The summed E-state index contributed by atoms with van der Waals surface area (Å²) in [6.07, 6.45) is 0.770. The third-order valence-electron chi connectivity index (χ3n) is 3.52. The minimum Gasteiger partial charge on any atom is -0.504 e. The maximum Gasteiger partial charge on any atom is 0.407 e. The van der Waals surface area contributed by atoms with Crippen LogP contribution in [0.3, 0.4) is 0 Å². The zero-order chi connectivity index (χ0) is 16.7. The molecule has 1 atom stereocenters. The van der Waals surface area contributed by atoms with Gasteiger partial charge in [0.2, 0.25) is 0 Å². The van der Waals surface area contributed by atoms with Gasteiger partial charge in [0.1, 0.15) is 0 Å². The van der Waals surface area contributed by atoms with Gasteiger partial charge in [-0.05, 0) is 26.8 Å². The first-order chi connectivity index (χ1) is 10.4. The predicted molar refractivity (Wildman–Crippen MR) is 77.6 cm³/mol. The number of ether oxygens (including phenoxy) is 1. The molecular formula is C14H22N2O6. The van der Waals surface area contributed by atoms with Gasteiger partial charge in [0, 0.05) is 25.7 Å². The number of rotatable bonds is 7. The van der Waals surface area contributed by atoms with E-state index in [4.69, 9.17) is 9.84 Å². The van der Waals surface area contributed by atoms with Crippen LogP contribution < -0.4 is 0 Å². The molecule has 8 nitrogen and oxygen atoms in total. The zero-order valence-electron chi connectivity index (χ0n) is 12.8. The van der Waals surface area contributed by atoms with Gasteiger partial charge in [-0.25, -0.2) is 9.59 Å². The average molecular weight is 314 g/mol. The van der Waals surface area contributed by atoms with Gasteiger partial charge in [-0.2, -0.15) is 0 Å². The molecule has 8 heteroatoms. The Morgan fingerprint density at radius 1 is 1.41 bits per heavy atom. The topological polar surface area (TPSA) is 107 Å². The first-order valence-corrected chi connectivity index (χ1v) is 7.13. The Balaban J connectivity index is 2.71. The van der Waals surface area contributed by atoms with Gasteiger partial charge < -0.3 is 19.8 Å². The van der Waals surface area contributed by atoms with Crippen LogP contribution in [0.5, 0.6) is 0 Å². The summed E-state index contributed by atoms with van der Waals surface area (Å²) >= 11 is 0. The monoisotopic (exact) mass is 314 g/mol. The second kappa shape index (κ2) is 8.38. The van der Waals surface area contributed by atoms with Crippen LogP contribution in [0, 0.1) is 0 Å². The summed E-state index contributed by atoms with van der Waals surface area (Å²) in [4.78, 5) is 36.6. The van der Waals surface area contributed by atoms with Crippen LogP contribution in [0.15, 0.2) is 11.3 Å². The number of nitrogens with zero attached hydrogens (tertiary/aromatic N) is 2. The molecule has 2 N–H and O–H groups in total. The van der Waals surface area contributed by atoms with Crippen molar-refractivity contribution in [3.05, 3.63) is 11.3 Å². The lowest BCUT2D eigenvalue weighted by Crippen LogP contribution is -2.42. The highest BCUT2D eigenvalue weighted by Crippen LogP contribution is 2.18. The van der Waals surface area contributed by atoms with Crippen molar-refractivity contribution in [3.8, 4) is 0 Å². The summed E-state index contributed by atoms with van der Waals surface area (Å²) in [5.41, 5.74) is -0.126. The van der Waals surface area contributed by atoms with Crippen molar-refractivity contribution in [3.63, 3.8) is 0 Å². The minimum atomic E-state index is -0.965. The van der Waals surface area contributed by atoms with Gasteiger partial charge in [-0.3, -0.25) is 9.69 Å². The molecule has 0 bridgehead atoms. The largest absolute Gasteiger partial charge is 0.504 e. The molecule has 0 aromatic carbocycles. The molecule has 1 aliphatic heterocycles. The number of aliphatic hydroxyl groups excluding tert-OH is 1. The number of carboxylic acid groups (broad SMARTS) is 1. The summed E-state index contributed by atoms with van der Waals surface area (Å²) in [5.74, 6) is -1.41. The van der Waals surface area contributed by atoms with E-state index in [9.17, 15) is 19.5 Å². The van der Waals surface area contributed by atoms with E-state index in [2.05, 4.69) is 0 Å². The minimum absolute atomic E-state index is 0.00731. The molecule has 1 amide bonds. The normalized spacial score (nSPS) is 19.0. The van der Waals surface area contributed by atoms with E-state index >= 15 is 0 Å². The van der Waals surface area contributed by atoms with Crippen LogP contribution in [0.25, 0.3) is 0 Å². The third-order valence-corrected chi connectivity index (χ3v) is 3.52. The van der Waals surface area contributed by atoms with Crippen molar-refractivity contribution in [1.29, 1.82) is 0 Å². The Bertz CT molecular complexity index is 462. The van der Waals surface area contributed by atoms with E-state index in [0.717, 1.165) is 12.8 Å². The predicted octanol–water partition coefficient (Wildman–Crippen LogP) is 0.635. The van der Waals surface area contributed by atoms with E-state index < -0.39 is 17.8 Å². The SMILES string of the molecule is CCOC(=O)/C(CN(C)C[C@H]1CCCN1C(=O)O)=C(\O)C=O. The Morgan fingerprint density at radius 2 is 2.09 bits per heavy atom. The molecule has 1 aliphatic rings. The maximum absolute atomic E-state index is 11.8. The first kappa shape index (κ1) is 18.0. The summed E-state index contributed by atoms with van der Waals surface area (Å²) in [6, 6.07) is -0.163. The number of aliphatic hydroxyl groups is 1. The number of carbonyl (C=O) groups excluding carboxylic acids is 2. The van der Waals surface area contributed by atoms with Crippen molar-refractivity contribution in [2.24, 2.45) is 0 Å². The maximum atomic E-state index is 11.8. The highest BCUT2D eigenvalue weighted by atomic mass is 16.5. The Kier molecular flexibility index (Phi) is 6.84. The average Bonchev–Trinajstić information content (AvgIpc) is 2.92. The number of hydrogen-bond acceptors (Lipinski definition) is 6. The lowest BCUT2D eigenvalue weighted by Gasteiger charge is -2.27. The van der Waals surface area contributed by atoms with Crippen LogP contribution in [0.1, 0.15) is 19.8 Å². The van der Waals surface area contributed by atoms with Gasteiger partial charge in [0.05, 0.1) is 12.2 Å². The van der Waals surface area contributed by atoms with Crippen molar-refractivity contribution in [2.45, 2.75) is 25.8 Å². The number of allylic oxidation sites excluding steroid dienone is 1. The lowest BCUT2D eigenvalue weighted by molar-refractivity contribution is -0.139. The van der Waals surface area contributed by atoms with Gasteiger partial charge in [-0.1, -0.05) is 0 Å². The van der Waals surface area contributed by atoms with Crippen LogP contribution in [-0.4, -0.2) is 77.7 Å². The lowest BCUT2D eigenvalue weighted by atomic mass is 10.1. The van der Waals surface area contributed by atoms with Crippen molar-refractivity contribution in [2.75, 3.05) is 33.3 Å². The fourth-order valence-electron chi connectivity index (χ4n) is 2.51. The van der Waals surface area contributed by atoms with Crippen LogP contribution in [0.4, 0.5) is 4.79 Å². The number of likely N-dealkylation sites (N-methyl/N-ethyl adjacent to an activating group) is 1. The Morgan fingerprint density at radius 3 is 2.64 bits per heavy atom. The molecule has 0 unspecified atom stereocenters. The van der Waals surface area contributed by atoms with Gasteiger partial charge >= 0.3 is 12.1 Å². The molecular weight excluding hydrogens is 292 g/mol. The summed E-state index contributed by atoms with van der Waals surface area (Å²) in [6.45, 7) is 2.66. The van der Waals surface area contributed by atoms with Gasteiger partial charge in [-0.15, -0.1) is 0 Å². The van der Waals surface area contributed by atoms with E-state index in [0.29, 0.717) is 13.1 Å². The second-order valence-corrected chi connectivity index (χ2v) is 5.17. The number of hydrogen-bond donors (Lipinski definition) is 2. The van der Waals surface area contributed by atoms with Crippen molar-refractivity contribution < 1.29 is 29.3 Å². The van der Waals surface area contributed by atoms with Crippen molar-refractivity contribution >= 4 is 18.3 Å². The Hall–Kier alpha value is -2.09. The van der Waals surface area contributed by atoms with Crippen LogP contribution in [-0.2, 0) is 14.3 Å². The zero-order valence-corrected chi connectivity index (χ0v) is 12.8. The molecule has 0 saturated carbocycles. The summed E-state index contributed by atoms with van der Waals surface area (Å²) < 4.78 is 4.81. The Labute approximate surface area is 128 Å². The molecule has 22 heavy (non-hydrogen) atoms.